The van der Waals surface area contributed by atoms with Crippen LogP contribution in [0.5, 0.6) is 0 Å². The van der Waals surface area contributed by atoms with Gasteiger partial charge < -0.3 is 9.64 Å². The van der Waals surface area contributed by atoms with Gasteiger partial charge in [0.25, 0.3) is 0 Å². The average Bonchev–Trinajstić information content (AvgIpc) is 3.02. The lowest BCUT2D eigenvalue weighted by Gasteiger charge is -2.49. The third-order valence-electron chi connectivity index (χ3n) is 5.33. The van der Waals surface area contributed by atoms with E-state index >= 15 is 0 Å². The highest BCUT2D eigenvalue weighted by Gasteiger charge is 2.52. The molecule has 2 aliphatic rings. The minimum Gasteiger partial charge on any atom is -0.454 e. The molecule has 3 rings (SSSR count). The number of ether oxygens (including phenoxy) is 1. The Morgan fingerprint density at radius 2 is 2.05 bits per heavy atom. The van der Waals surface area contributed by atoms with Crippen molar-refractivity contribution in [2.45, 2.75) is 50.7 Å². The molecule has 1 saturated carbocycles. The molecule has 4 heteroatoms. The van der Waals surface area contributed by atoms with Crippen molar-refractivity contribution in [3.05, 3.63) is 35.9 Å². The number of carbonyl (C=O) groups is 1. The van der Waals surface area contributed by atoms with Crippen molar-refractivity contribution in [3.63, 3.8) is 0 Å². The van der Waals surface area contributed by atoms with E-state index < -0.39 is 5.60 Å². The van der Waals surface area contributed by atoms with Gasteiger partial charge in [-0.15, -0.1) is 12.4 Å². The second-order valence-corrected chi connectivity index (χ2v) is 6.42. The van der Waals surface area contributed by atoms with Gasteiger partial charge in [0.1, 0.15) is 5.60 Å². The highest BCUT2D eigenvalue weighted by molar-refractivity contribution is 5.85. The van der Waals surface area contributed by atoms with Gasteiger partial charge in [-0.2, -0.15) is 0 Å². The molecule has 3 unspecified atom stereocenters. The maximum Gasteiger partial charge on any atom is 0.306 e. The summed E-state index contributed by atoms with van der Waals surface area (Å²) in [4.78, 5) is 14.5. The fraction of sp³-hybridized carbons (Fsp3) is 0.611. The molecule has 1 aromatic rings. The Kier molecular flexibility index (Phi) is 5.51. The van der Waals surface area contributed by atoms with Crippen molar-refractivity contribution in [2.24, 2.45) is 5.92 Å². The van der Waals surface area contributed by atoms with E-state index in [1.54, 1.807) is 0 Å². The number of rotatable bonds is 3. The Balaban J connectivity index is 0.00000176. The van der Waals surface area contributed by atoms with E-state index in [0.29, 0.717) is 18.4 Å². The van der Waals surface area contributed by atoms with Crippen LogP contribution in [0.1, 0.15) is 44.6 Å². The molecule has 1 saturated heterocycles. The molecule has 0 radical (unpaired) electrons. The zero-order valence-electron chi connectivity index (χ0n) is 13.5. The van der Waals surface area contributed by atoms with Crippen LogP contribution >= 0.6 is 12.4 Å². The van der Waals surface area contributed by atoms with E-state index in [1.165, 1.54) is 18.4 Å². The van der Waals surface area contributed by atoms with Gasteiger partial charge in [-0.25, -0.2) is 0 Å². The van der Waals surface area contributed by atoms with Crippen LogP contribution < -0.4 is 0 Å². The lowest BCUT2D eigenvalue weighted by molar-refractivity contribution is -0.179. The molecule has 0 N–H and O–H groups in total. The van der Waals surface area contributed by atoms with Gasteiger partial charge in [-0.1, -0.05) is 43.7 Å². The number of fused-ring (bicyclic) bond motifs is 1. The molecule has 1 aliphatic heterocycles. The summed E-state index contributed by atoms with van der Waals surface area (Å²) >= 11 is 0. The van der Waals surface area contributed by atoms with Crippen molar-refractivity contribution in [1.29, 1.82) is 0 Å². The molecule has 1 aromatic carbocycles. The third-order valence-corrected chi connectivity index (χ3v) is 5.33. The van der Waals surface area contributed by atoms with Crippen LogP contribution in [0.15, 0.2) is 30.3 Å². The number of nitrogens with zero attached hydrogens (tertiary/aromatic N) is 1. The summed E-state index contributed by atoms with van der Waals surface area (Å²) in [5, 5.41) is 0. The monoisotopic (exact) mass is 323 g/mol. The molecule has 0 amide bonds. The first kappa shape index (κ1) is 17.3. The highest BCUT2D eigenvalue weighted by Crippen LogP contribution is 2.50. The summed E-state index contributed by atoms with van der Waals surface area (Å²) in [6, 6.07) is 10.9. The number of hydrogen-bond acceptors (Lipinski definition) is 3. The summed E-state index contributed by atoms with van der Waals surface area (Å²) in [5.74, 6) is 0.350. The molecular weight excluding hydrogens is 298 g/mol. The van der Waals surface area contributed by atoms with Gasteiger partial charge in [0.05, 0.1) is 0 Å². The van der Waals surface area contributed by atoms with Crippen molar-refractivity contribution >= 4 is 18.4 Å². The highest BCUT2D eigenvalue weighted by atomic mass is 35.5. The van der Waals surface area contributed by atoms with Crippen LogP contribution in [-0.2, 0) is 15.1 Å². The number of esters is 1. The van der Waals surface area contributed by atoms with Gasteiger partial charge >= 0.3 is 5.97 Å². The van der Waals surface area contributed by atoms with E-state index in [-0.39, 0.29) is 18.4 Å². The smallest absolute Gasteiger partial charge is 0.306 e. The molecule has 3 nitrogen and oxygen atoms in total. The second-order valence-electron chi connectivity index (χ2n) is 6.42. The fourth-order valence-corrected chi connectivity index (χ4v) is 4.25. The van der Waals surface area contributed by atoms with Gasteiger partial charge in [-0.05, 0) is 25.5 Å². The van der Waals surface area contributed by atoms with Crippen LogP contribution in [-0.4, -0.2) is 30.5 Å². The predicted molar refractivity (Wildman–Crippen MR) is 90.1 cm³/mol. The number of carbonyl (C=O) groups excluding carboxylic acids is 1. The summed E-state index contributed by atoms with van der Waals surface area (Å²) in [5.41, 5.74) is 0.763. The van der Waals surface area contributed by atoms with Crippen LogP contribution in [0.4, 0.5) is 0 Å². The van der Waals surface area contributed by atoms with Crippen molar-refractivity contribution < 1.29 is 9.53 Å². The number of hydrogen-bond donors (Lipinski definition) is 0. The Morgan fingerprint density at radius 1 is 1.32 bits per heavy atom. The number of benzene rings is 1. The molecule has 22 heavy (non-hydrogen) atoms. The molecule has 122 valence electrons. The van der Waals surface area contributed by atoms with Crippen molar-refractivity contribution in [1.82, 2.24) is 4.90 Å². The van der Waals surface area contributed by atoms with Crippen LogP contribution in [0.2, 0.25) is 0 Å². The standard InChI is InChI=1S/C18H25NO2.ClH/c1-3-17(20)21-18(14-8-5-4-6-9-14)12-13-19(2)16-11-7-10-15(16)18;/h4-6,8-9,15-16H,3,7,10-13H2,1-2H3;1H. The quantitative estimate of drug-likeness (QED) is 0.793. The molecule has 0 bridgehead atoms. The third kappa shape index (κ3) is 2.89. The maximum absolute atomic E-state index is 12.1. The molecule has 2 fully saturated rings. The Morgan fingerprint density at radius 3 is 2.73 bits per heavy atom. The zero-order chi connectivity index (χ0) is 14.9. The van der Waals surface area contributed by atoms with Crippen LogP contribution in [0, 0.1) is 5.92 Å². The van der Waals surface area contributed by atoms with Gasteiger partial charge in [0.15, 0.2) is 0 Å². The van der Waals surface area contributed by atoms with E-state index in [1.807, 2.05) is 13.0 Å². The molecule has 1 aliphatic carbocycles. The fourth-order valence-electron chi connectivity index (χ4n) is 4.25. The summed E-state index contributed by atoms with van der Waals surface area (Å²) < 4.78 is 6.11. The first-order chi connectivity index (χ1) is 10.2. The Bertz CT molecular complexity index is 507. The SMILES string of the molecule is CCC(=O)OC1(c2ccccc2)CCN(C)C2CCCC21.Cl. The Hall–Kier alpha value is -1.06. The van der Waals surface area contributed by atoms with E-state index in [2.05, 4.69) is 36.2 Å². The minimum absolute atomic E-state index is 0. The largest absolute Gasteiger partial charge is 0.454 e. The van der Waals surface area contributed by atoms with Crippen LogP contribution in [0.25, 0.3) is 0 Å². The van der Waals surface area contributed by atoms with Crippen molar-refractivity contribution in [3.8, 4) is 0 Å². The maximum atomic E-state index is 12.1. The molecule has 1 heterocycles. The van der Waals surface area contributed by atoms with Gasteiger partial charge in [0.2, 0.25) is 0 Å². The number of halogens is 1. The number of likely N-dealkylation sites (tertiary alicyclic amines) is 1. The summed E-state index contributed by atoms with van der Waals surface area (Å²) in [7, 11) is 2.21. The van der Waals surface area contributed by atoms with E-state index in [4.69, 9.17) is 4.74 Å². The lowest BCUT2D eigenvalue weighted by atomic mass is 9.73. The van der Waals surface area contributed by atoms with E-state index in [9.17, 15) is 4.79 Å². The van der Waals surface area contributed by atoms with Crippen LogP contribution in [0.3, 0.4) is 0 Å². The molecular formula is C18H26ClNO2. The summed E-state index contributed by atoms with van der Waals surface area (Å²) in [6.07, 6.45) is 4.96. The molecule has 0 aromatic heterocycles. The van der Waals surface area contributed by atoms with Gasteiger partial charge in [0, 0.05) is 31.3 Å². The minimum atomic E-state index is -0.415. The van der Waals surface area contributed by atoms with E-state index in [0.717, 1.165) is 19.4 Å². The second kappa shape index (κ2) is 7.01. The molecule has 0 spiro atoms. The first-order valence-corrected chi connectivity index (χ1v) is 8.15. The summed E-state index contributed by atoms with van der Waals surface area (Å²) in [6.45, 7) is 2.87. The normalized spacial score (nSPS) is 31.2. The number of piperidine rings is 1. The molecule has 3 atom stereocenters. The average molecular weight is 324 g/mol. The lowest BCUT2D eigenvalue weighted by Crippen LogP contribution is -2.54. The zero-order valence-corrected chi connectivity index (χ0v) is 14.3. The van der Waals surface area contributed by atoms with Gasteiger partial charge in [-0.3, -0.25) is 4.79 Å². The topological polar surface area (TPSA) is 29.5 Å². The first-order valence-electron chi connectivity index (χ1n) is 8.15. The predicted octanol–water partition coefficient (Wildman–Crippen LogP) is 3.76. The van der Waals surface area contributed by atoms with Crippen molar-refractivity contribution in [2.75, 3.05) is 13.6 Å². The Labute approximate surface area is 139 Å².